The van der Waals surface area contributed by atoms with Gasteiger partial charge in [-0.3, -0.25) is 0 Å². The predicted octanol–water partition coefficient (Wildman–Crippen LogP) is 2.92. The van der Waals surface area contributed by atoms with Crippen molar-refractivity contribution in [2.75, 3.05) is 5.32 Å². The van der Waals surface area contributed by atoms with Crippen LogP contribution in [0.25, 0.3) is 0 Å². The smallest absolute Gasteiger partial charge is 0.336 e. The zero-order valence-corrected chi connectivity index (χ0v) is 11.3. The molecule has 1 aromatic carbocycles. The molecular formula is C15H18N2O3. The number of carbonyl (C=O) groups excluding carboxylic acids is 1. The summed E-state index contributed by atoms with van der Waals surface area (Å²) in [6, 6.07) is 4.68. The van der Waals surface area contributed by atoms with Crippen LogP contribution in [0.4, 0.5) is 10.5 Å². The van der Waals surface area contributed by atoms with Crippen LogP contribution in [-0.4, -0.2) is 23.1 Å². The first kappa shape index (κ1) is 14.1. The highest BCUT2D eigenvalue weighted by Gasteiger charge is 2.15. The molecule has 0 aromatic heterocycles. The summed E-state index contributed by atoms with van der Waals surface area (Å²) < 4.78 is 0. The molecule has 0 radical (unpaired) electrons. The van der Waals surface area contributed by atoms with E-state index in [9.17, 15) is 9.59 Å². The van der Waals surface area contributed by atoms with E-state index in [1.165, 1.54) is 6.07 Å². The largest absolute Gasteiger partial charge is 0.478 e. The van der Waals surface area contributed by atoms with E-state index >= 15 is 0 Å². The number of carboxylic acid groups (broad SMARTS) is 1. The van der Waals surface area contributed by atoms with E-state index in [1.807, 2.05) is 0 Å². The topological polar surface area (TPSA) is 78.4 Å². The minimum absolute atomic E-state index is 0.142. The third-order valence-corrected chi connectivity index (χ3v) is 3.42. The summed E-state index contributed by atoms with van der Waals surface area (Å²) in [7, 11) is 0. The maximum Gasteiger partial charge on any atom is 0.336 e. The first-order valence-corrected chi connectivity index (χ1v) is 6.63. The van der Waals surface area contributed by atoms with Crippen molar-refractivity contribution in [1.29, 1.82) is 0 Å². The second-order valence-electron chi connectivity index (χ2n) is 4.86. The lowest BCUT2D eigenvalue weighted by Gasteiger charge is -2.20. The van der Waals surface area contributed by atoms with E-state index in [1.54, 1.807) is 19.1 Å². The van der Waals surface area contributed by atoms with Gasteiger partial charge in [0.15, 0.2) is 0 Å². The maximum absolute atomic E-state index is 11.9. The van der Waals surface area contributed by atoms with E-state index in [2.05, 4.69) is 22.8 Å². The number of carboxylic acids is 1. The Morgan fingerprint density at radius 2 is 2.10 bits per heavy atom. The Hall–Kier alpha value is -2.30. The molecule has 2 rings (SSSR count). The molecule has 1 aromatic rings. The molecule has 1 unspecified atom stereocenters. The Morgan fingerprint density at radius 1 is 1.30 bits per heavy atom. The average molecular weight is 274 g/mol. The fourth-order valence-electron chi connectivity index (χ4n) is 2.27. The lowest BCUT2D eigenvalue weighted by molar-refractivity contribution is 0.0696. The summed E-state index contributed by atoms with van der Waals surface area (Å²) in [6.45, 7) is 1.68. The second-order valence-corrected chi connectivity index (χ2v) is 4.86. The second kappa shape index (κ2) is 6.23. The molecule has 1 aliphatic carbocycles. The summed E-state index contributed by atoms with van der Waals surface area (Å²) >= 11 is 0. The van der Waals surface area contributed by atoms with Gasteiger partial charge in [0.25, 0.3) is 0 Å². The molecule has 0 fully saturated rings. The van der Waals surface area contributed by atoms with E-state index in [4.69, 9.17) is 5.11 Å². The van der Waals surface area contributed by atoms with Gasteiger partial charge in [-0.25, -0.2) is 9.59 Å². The van der Waals surface area contributed by atoms with Gasteiger partial charge in [-0.1, -0.05) is 18.2 Å². The summed E-state index contributed by atoms with van der Waals surface area (Å²) in [5.74, 6) is -0.996. The van der Waals surface area contributed by atoms with Gasteiger partial charge in [-0.15, -0.1) is 0 Å². The molecule has 0 heterocycles. The Morgan fingerprint density at radius 3 is 2.75 bits per heavy atom. The van der Waals surface area contributed by atoms with Gasteiger partial charge < -0.3 is 15.7 Å². The number of urea groups is 1. The van der Waals surface area contributed by atoms with Crippen molar-refractivity contribution in [3.05, 3.63) is 41.5 Å². The van der Waals surface area contributed by atoms with Crippen molar-refractivity contribution in [3.8, 4) is 0 Å². The number of amides is 2. The molecule has 3 N–H and O–H groups in total. The highest BCUT2D eigenvalue weighted by atomic mass is 16.4. The van der Waals surface area contributed by atoms with Crippen molar-refractivity contribution in [1.82, 2.24) is 5.32 Å². The quantitative estimate of drug-likeness (QED) is 0.741. The zero-order valence-electron chi connectivity index (χ0n) is 11.3. The Bertz CT molecular complexity index is 552. The molecule has 0 saturated carbocycles. The van der Waals surface area contributed by atoms with Gasteiger partial charge in [-0.05, 0) is 43.9 Å². The average Bonchev–Trinajstić information content (AvgIpc) is 2.42. The van der Waals surface area contributed by atoms with Crippen molar-refractivity contribution >= 4 is 17.7 Å². The number of nitrogens with one attached hydrogen (secondary N) is 2. The molecular weight excluding hydrogens is 256 g/mol. The summed E-state index contributed by atoms with van der Waals surface area (Å²) in [4.78, 5) is 23.0. The molecule has 1 atom stereocenters. The van der Waals surface area contributed by atoms with Crippen molar-refractivity contribution in [2.45, 2.75) is 32.2 Å². The van der Waals surface area contributed by atoms with E-state index < -0.39 is 5.97 Å². The molecule has 5 heteroatoms. The molecule has 5 nitrogen and oxygen atoms in total. The van der Waals surface area contributed by atoms with Crippen LogP contribution in [0.15, 0.2) is 30.4 Å². The highest BCUT2D eigenvalue weighted by Crippen LogP contribution is 2.19. The van der Waals surface area contributed by atoms with Crippen LogP contribution in [0, 0.1) is 6.92 Å². The molecule has 0 spiro atoms. The Labute approximate surface area is 117 Å². The number of anilines is 1. The minimum Gasteiger partial charge on any atom is -0.478 e. The molecule has 0 aliphatic heterocycles. The number of benzene rings is 1. The normalized spacial score (nSPS) is 17.6. The highest BCUT2D eigenvalue weighted by molar-refractivity contribution is 5.95. The van der Waals surface area contributed by atoms with Gasteiger partial charge in [0.2, 0.25) is 0 Å². The number of rotatable bonds is 3. The Kier molecular flexibility index (Phi) is 4.40. The third-order valence-electron chi connectivity index (χ3n) is 3.42. The molecule has 20 heavy (non-hydrogen) atoms. The number of carbonyl (C=O) groups is 2. The summed E-state index contributed by atoms with van der Waals surface area (Å²) in [5.41, 5.74) is 1.27. The number of aromatic carboxylic acids is 1. The van der Waals surface area contributed by atoms with Crippen LogP contribution in [0.3, 0.4) is 0 Å². The fraction of sp³-hybridized carbons (Fsp3) is 0.333. The zero-order chi connectivity index (χ0) is 14.5. The molecule has 2 amide bonds. The van der Waals surface area contributed by atoms with Gasteiger partial charge >= 0.3 is 12.0 Å². The van der Waals surface area contributed by atoms with E-state index in [0.717, 1.165) is 19.3 Å². The molecule has 1 aliphatic rings. The van der Waals surface area contributed by atoms with Crippen LogP contribution < -0.4 is 10.6 Å². The van der Waals surface area contributed by atoms with Crippen LogP contribution in [-0.2, 0) is 0 Å². The number of hydrogen-bond donors (Lipinski definition) is 3. The first-order chi connectivity index (χ1) is 9.58. The van der Waals surface area contributed by atoms with E-state index in [-0.39, 0.29) is 17.6 Å². The van der Waals surface area contributed by atoms with Gasteiger partial charge in [0, 0.05) is 11.7 Å². The maximum atomic E-state index is 11.9. The summed E-state index contributed by atoms with van der Waals surface area (Å²) in [5, 5.41) is 14.7. The van der Waals surface area contributed by atoms with Crippen molar-refractivity contribution < 1.29 is 14.7 Å². The molecule has 0 saturated heterocycles. The SMILES string of the molecule is Cc1c(NC(=O)NC2CC=CCC2)cccc1C(=O)O. The van der Waals surface area contributed by atoms with Crippen LogP contribution in [0.1, 0.15) is 35.2 Å². The van der Waals surface area contributed by atoms with Gasteiger partial charge in [0.1, 0.15) is 0 Å². The van der Waals surface area contributed by atoms with Crippen molar-refractivity contribution in [3.63, 3.8) is 0 Å². The number of allylic oxidation sites excluding steroid dienone is 1. The van der Waals surface area contributed by atoms with Gasteiger partial charge in [0.05, 0.1) is 5.56 Å². The van der Waals surface area contributed by atoms with Crippen LogP contribution in [0.5, 0.6) is 0 Å². The number of hydrogen-bond acceptors (Lipinski definition) is 2. The monoisotopic (exact) mass is 274 g/mol. The predicted molar refractivity (Wildman–Crippen MR) is 77.1 cm³/mol. The van der Waals surface area contributed by atoms with E-state index in [0.29, 0.717) is 11.3 Å². The minimum atomic E-state index is -0.996. The summed E-state index contributed by atoms with van der Waals surface area (Å²) in [6.07, 6.45) is 6.90. The van der Waals surface area contributed by atoms with Gasteiger partial charge in [-0.2, -0.15) is 0 Å². The molecule has 0 bridgehead atoms. The van der Waals surface area contributed by atoms with Crippen molar-refractivity contribution in [2.24, 2.45) is 0 Å². The third kappa shape index (κ3) is 3.38. The fourth-order valence-corrected chi connectivity index (χ4v) is 2.27. The van der Waals surface area contributed by atoms with Crippen LogP contribution in [0.2, 0.25) is 0 Å². The first-order valence-electron chi connectivity index (χ1n) is 6.63. The lowest BCUT2D eigenvalue weighted by atomic mass is 10.0. The molecule has 106 valence electrons. The Balaban J connectivity index is 2.02. The lowest BCUT2D eigenvalue weighted by Crippen LogP contribution is -2.38. The van der Waals surface area contributed by atoms with Crippen LogP contribution >= 0.6 is 0 Å². The standard InChI is InChI=1S/C15H18N2O3/c1-10-12(14(18)19)8-5-9-13(10)17-15(20)16-11-6-3-2-4-7-11/h2-3,5,8-9,11H,4,6-7H2,1H3,(H,18,19)(H2,16,17,20).